The Morgan fingerprint density at radius 3 is 2.83 bits per heavy atom. The molecule has 1 aromatic carbocycles. The molecule has 0 atom stereocenters. The molecule has 0 saturated heterocycles. The van der Waals surface area contributed by atoms with E-state index >= 15 is 0 Å². The number of nitrogens with zero attached hydrogens (tertiary/aromatic N) is 2. The van der Waals surface area contributed by atoms with E-state index in [1.807, 2.05) is 19.3 Å². The minimum Gasteiger partial charge on any atom is -0.313 e. The molecule has 2 rings (SSSR count). The van der Waals surface area contributed by atoms with Crippen molar-refractivity contribution in [3.63, 3.8) is 0 Å². The van der Waals surface area contributed by atoms with Gasteiger partial charge in [0.2, 0.25) is 0 Å². The average molecular weight is 247 g/mol. The zero-order valence-corrected chi connectivity index (χ0v) is 10.8. The molecule has 0 fully saturated rings. The van der Waals surface area contributed by atoms with E-state index in [1.165, 1.54) is 6.07 Å². The van der Waals surface area contributed by atoms with E-state index in [2.05, 4.69) is 17.3 Å². The van der Waals surface area contributed by atoms with Crippen LogP contribution in [0.15, 0.2) is 30.5 Å². The van der Waals surface area contributed by atoms with Crippen molar-refractivity contribution in [1.82, 2.24) is 15.1 Å². The molecule has 0 bridgehead atoms. The lowest BCUT2D eigenvalue weighted by atomic mass is 10.0. The van der Waals surface area contributed by atoms with Gasteiger partial charge < -0.3 is 5.32 Å². The minimum absolute atomic E-state index is 0.206. The predicted octanol–water partition coefficient (Wildman–Crippen LogP) is 2.73. The van der Waals surface area contributed by atoms with E-state index in [1.54, 1.807) is 16.8 Å². The molecule has 0 aliphatic rings. The van der Waals surface area contributed by atoms with E-state index in [9.17, 15) is 4.39 Å². The SMILES string of the molecule is CCCNCc1cc(F)ccc1-c1ccn(C)n1. The molecule has 1 aromatic heterocycles. The minimum atomic E-state index is -0.206. The molecule has 2 aromatic rings. The van der Waals surface area contributed by atoms with Crippen molar-refractivity contribution >= 4 is 0 Å². The molecular weight excluding hydrogens is 229 g/mol. The van der Waals surface area contributed by atoms with Crippen LogP contribution in [0.2, 0.25) is 0 Å². The summed E-state index contributed by atoms with van der Waals surface area (Å²) in [5.41, 5.74) is 2.81. The Kier molecular flexibility index (Phi) is 4.10. The van der Waals surface area contributed by atoms with Crippen LogP contribution in [0.3, 0.4) is 0 Å². The van der Waals surface area contributed by atoms with Gasteiger partial charge in [0, 0.05) is 25.4 Å². The lowest BCUT2D eigenvalue weighted by Gasteiger charge is -2.09. The topological polar surface area (TPSA) is 29.9 Å². The Bertz CT molecular complexity index is 520. The van der Waals surface area contributed by atoms with Crippen LogP contribution in [-0.4, -0.2) is 16.3 Å². The second-order valence-corrected chi connectivity index (χ2v) is 4.35. The van der Waals surface area contributed by atoms with Crippen LogP contribution >= 0.6 is 0 Å². The molecule has 96 valence electrons. The quantitative estimate of drug-likeness (QED) is 0.823. The first-order chi connectivity index (χ1) is 8.70. The van der Waals surface area contributed by atoms with Crippen molar-refractivity contribution in [1.29, 1.82) is 0 Å². The second kappa shape index (κ2) is 5.78. The maximum atomic E-state index is 13.3. The Morgan fingerprint density at radius 1 is 1.33 bits per heavy atom. The summed E-state index contributed by atoms with van der Waals surface area (Å²) in [5.74, 6) is -0.206. The van der Waals surface area contributed by atoms with Gasteiger partial charge in [-0.1, -0.05) is 6.92 Å². The normalized spacial score (nSPS) is 10.8. The Balaban J connectivity index is 2.28. The zero-order chi connectivity index (χ0) is 13.0. The molecule has 0 aliphatic carbocycles. The van der Waals surface area contributed by atoms with Crippen molar-refractivity contribution in [3.8, 4) is 11.3 Å². The van der Waals surface area contributed by atoms with Crippen LogP contribution in [0.5, 0.6) is 0 Å². The lowest BCUT2D eigenvalue weighted by molar-refractivity contribution is 0.619. The molecule has 3 nitrogen and oxygen atoms in total. The third kappa shape index (κ3) is 2.96. The fourth-order valence-corrected chi connectivity index (χ4v) is 1.92. The van der Waals surface area contributed by atoms with Gasteiger partial charge in [-0.2, -0.15) is 5.10 Å². The van der Waals surface area contributed by atoms with E-state index in [-0.39, 0.29) is 5.82 Å². The van der Waals surface area contributed by atoms with E-state index in [4.69, 9.17) is 0 Å². The average Bonchev–Trinajstić information content (AvgIpc) is 2.76. The zero-order valence-electron chi connectivity index (χ0n) is 10.8. The van der Waals surface area contributed by atoms with E-state index in [0.717, 1.165) is 29.8 Å². The number of aromatic nitrogens is 2. The van der Waals surface area contributed by atoms with Crippen molar-refractivity contribution in [3.05, 3.63) is 41.8 Å². The highest BCUT2D eigenvalue weighted by Crippen LogP contribution is 2.22. The standard InChI is InChI=1S/C14H18FN3/c1-3-7-16-10-11-9-12(15)4-5-13(11)14-6-8-18(2)17-14/h4-6,8-9,16H,3,7,10H2,1-2H3. The Hall–Kier alpha value is -1.68. The summed E-state index contributed by atoms with van der Waals surface area (Å²) in [6.45, 7) is 3.70. The van der Waals surface area contributed by atoms with Gasteiger partial charge in [-0.25, -0.2) is 4.39 Å². The first kappa shape index (κ1) is 12.8. The van der Waals surface area contributed by atoms with Crippen LogP contribution < -0.4 is 5.32 Å². The number of hydrogen-bond acceptors (Lipinski definition) is 2. The molecular formula is C14H18FN3. The Labute approximate surface area is 107 Å². The van der Waals surface area contributed by atoms with Gasteiger partial charge in [0.05, 0.1) is 5.69 Å². The van der Waals surface area contributed by atoms with Crippen molar-refractivity contribution < 1.29 is 4.39 Å². The van der Waals surface area contributed by atoms with Gasteiger partial charge in [0.1, 0.15) is 5.82 Å². The summed E-state index contributed by atoms with van der Waals surface area (Å²) >= 11 is 0. The predicted molar refractivity (Wildman–Crippen MR) is 70.6 cm³/mol. The molecule has 0 unspecified atom stereocenters. The van der Waals surface area contributed by atoms with Crippen LogP contribution in [0, 0.1) is 5.82 Å². The molecule has 0 amide bonds. The number of aryl methyl sites for hydroxylation is 1. The molecule has 18 heavy (non-hydrogen) atoms. The highest BCUT2D eigenvalue weighted by atomic mass is 19.1. The van der Waals surface area contributed by atoms with Gasteiger partial charge >= 0.3 is 0 Å². The number of hydrogen-bond donors (Lipinski definition) is 1. The number of halogens is 1. The largest absolute Gasteiger partial charge is 0.313 e. The molecule has 0 saturated carbocycles. The molecule has 1 N–H and O–H groups in total. The summed E-state index contributed by atoms with van der Waals surface area (Å²) in [4.78, 5) is 0. The van der Waals surface area contributed by atoms with Crippen LogP contribution in [0.25, 0.3) is 11.3 Å². The number of nitrogens with one attached hydrogen (secondary N) is 1. The molecule has 0 aliphatic heterocycles. The smallest absolute Gasteiger partial charge is 0.123 e. The van der Waals surface area contributed by atoms with Crippen LogP contribution in [-0.2, 0) is 13.6 Å². The van der Waals surface area contributed by atoms with Gasteiger partial charge in [0.25, 0.3) is 0 Å². The number of benzene rings is 1. The van der Waals surface area contributed by atoms with E-state index in [0.29, 0.717) is 6.54 Å². The fourth-order valence-electron chi connectivity index (χ4n) is 1.92. The maximum absolute atomic E-state index is 13.3. The second-order valence-electron chi connectivity index (χ2n) is 4.35. The summed E-state index contributed by atoms with van der Waals surface area (Å²) < 4.78 is 15.1. The summed E-state index contributed by atoms with van der Waals surface area (Å²) in [6, 6.07) is 6.79. The molecule has 0 spiro atoms. The van der Waals surface area contributed by atoms with Crippen LogP contribution in [0.4, 0.5) is 4.39 Å². The highest BCUT2D eigenvalue weighted by Gasteiger charge is 2.08. The summed E-state index contributed by atoms with van der Waals surface area (Å²) in [6.07, 6.45) is 2.95. The molecule has 1 heterocycles. The van der Waals surface area contributed by atoms with Gasteiger partial charge in [0.15, 0.2) is 0 Å². The first-order valence-electron chi connectivity index (χ1n) is 6.20. The van der Waals surface area contributed by atoms with Gasteiger partial charge in [-0.15, -0.1) is 0 Å². The fraction of sp³-hybridized carbons (Fsp3) is 0.357. The summed E-state index contributed by atoms with van der Waals surface area (Å²) in [5, 5.41) is 7.66. The molecule has 4 heteroatoms. The maximum Gasteiger partial charge on any atom is 0.123 e. The third-order valence-electron chi connectivity index (χ3n) is 2.80. The lowest BCUT2D eigenvalue weighted by Crippen LogP contribution is -2.14. The van der Waals surface area contributed by atoms with Crippen molar-refractivity contribution in [2.24, 2.45) is 7.05 Å². The van der Waals surface area contributed by atoms with Crippen molar-refractivity contribution in [2.45, 2.75) is 19.9 Å². The first-order valence-corrected chi connectivity index (χ1v) is 6.20. The monoisotopic (exact) mass is 247 g/mol. The highest BCUT2D eigenvalue weighted by molar-refractivity contribution is 5.63. The number of rotatable bonds is 5. The molecule has 0 radical (unpaired) electrons. The van der Waals surface area contributed by atoms with Gasteiger partial charge in [-0.05, 0) is 42.8 Å². The van der Waals surface area contributed by atoms with Crippen molar-refractivity contribution in [2.75, 3.05) is 6.54 Å². The Morgan fingerprint density at radius 2 is 2.17 bits per heavy atom. The van der Waals surface area contributed by atoms with Gasteiger partial charge in [-0.3, -0.25) is 4.68 Å². The third-order valence-corrected chi connectivity index (χ3v) is 2.80. The van der Waals surface area contributed by atoms with Crippen LogP contribution in [0.1, 0.15) is 18.9 Å². The van der Waals surface area contributed by atoms with E-state index < -0.39 is 0 Å². The summed E-state index contributed by atoms with van der Waals surface area (Å²) in [7, 11) is 1.88.